The molecule has 0 saturated carbocycles. The molecule has 28 heavy (non-hydrogen) atoms. The summed E-state index contributed by atoms with van der Waals surface area (Å²) in [4.78, 5) is 0. The number of nitrogens with one attached hydrogen (secondary N) is 1. The second-order valence-corrected chi connectivity index (χ2v) is 8.53. The smallest absolute Gasteiger partial charge is 0 e. The molecule has 4 aromatic rings. The zero-order valence-electron chi connectivity index (χ0n) is 16.3. The van der Waals surface area contributed by atoms with Gasteiger partial charge in [0.05, 0.1) is 0 Å². The molecule has 3 heteroatoms. The van der Waals surface area contributed by atoms with Crippen molar-refractivity contribution >= 4 is 23.8 Å². The van der Waals surface area contributed by atoms with Crippen molar-refractivity contribution in [2.24, 2.45) is 0 Å². The molecule has 0 spiro atoms. The normalized spacial score (nSPS) is 11.2. The molecule has 0 bridgehead atoms. The van der Waals surface area contributed by atoms with Gasteiger partial charge in [0, 0.05) is 17.1 Å². The third-order valence-electron chi connectivity index (χ3n) is 4.55. The summed E-state index contributed by atoms with van der Waals surface area (Å²) in [5, 5.41) is 7.63. The summed E-state index contributed by atoms with van der Waals surface area (Å²) >= 11 is 0. The molecule has 4 rings (SSSR count). The van der Waals surface area contributed by atoms with Crippen LogP contribution >= 0.6 is 7.92 Å². The molecule has 0 aliphatic rings. The third-order valence-corrected chi connectivity index (χ3v) is 7.07. The van der Waals surface area contributed by atoms with Gasteiger partial charge in [-0.2, -0.15) is 6.07 Å². The van der Waals surface area contributed by atoms with Gasteiger partial charge in [-0.25, -0.2) is 12.1 Å². The van der Waals surface area contributed by atoms with Gasteiger partial charge in [-0.1, -0.05) is 67.6 Å². The summed E-state index contributed by atoms with van der Waals surface area (Å²) in [5.41, 5.74) is 1.40. The quantitative estimate of drug-likeness (QED) is 0.273. The van der Waals surface area contributed by atoms with E-state index in [1.165, 1.54) is 21.5 Å². The van der Waals surface area contributed by atoms with Crippen molar-refractivity contribution in [3.8, 4) is 0 Å². The van der Waals surface area contributed by atoms with Gasteiger partial charge in [0.15, 0.2) is 0 Å². The number of rotatable bonds is 5. The molecule has 4 aromatic carbocycles. The Bertz CT molecular complexity index is 828. The maximum absolute atomic E-state index is 3.38. The minimum atomic E-state index is -0.508. The Balaban J connectivity index is 0.000000408. The minimum absolute atomic E-state index is 0. The van der Waals surface area contributed by atoms with Crippen LogP contribution in [-0.2, 0) is 17.1 Å². The van der Waals surface area contributed by atoms with Gasteiger partial charge in [-0.05, 0) is 31.6 Å². The molecule has 150 valence electrons. The fraction of sp³-hybridized carbons (Fsp3) is 0.120. The first-order valence-electron chi connectivity index (χ1n) is 9.31. The van der Waals surface area contributed by atoms with Crippen LogP contribution in [0.3, 0.4) is 0 Å². The third kappa shape index (κ3) is 5.77. The topological polar surface area (TPSA) is 12.0 Å². The van der Waals surface area contributed by atoms with Crippen LogP contribution in [-0.4, -0.2) is 7.05 Å². The van der Waals surface area contributed by atoms with Crippen molar-refractivity contribution in [2.45, 2.75) is 13.0 Å². The van der Waals surface area contributed by atoms with Gasteiger partial charge in [0.25, 0.3) is 0 Å². The maximum Gasteiger partial charge on any atom is 0 e. The summed E-state index contributed by atoms with van der Waals surface area (Å²) in [5.74, 6) is 0. The van der Waals surface area contributed by atoms with Crippen molar-refractivity contribution < 1.29 is 17.1 Å². The largest absolute Gasteiger partial charge is 0.748 e. The summed E-state index contributed by atoms with van der Waals surface area (Å²) in [7, 11) is 1.51. The predicted molar refractivity (Wildman–Crippen MR) is 120 cm³/mol. The molecule has 0 amide bonds. The van der Waals surface area contributed by atoms with Gasteiger partial charge < -0.3 is 35.6 Å². The molecule has 0 aromatic heterocycles. The molecule has 0 aliphatic heterocycles. The van der Waals surface area contributed by atoms with Crippen molar-refractivity contribution in [1.82, 2.24) is 5.32 Å². The van der Waals surface area contributed by atoms with Gasteiger partial charge in [-0.15, -0.1) is 10.9 Å². The summed E-state index contributed by atoms with van der Waals surface area (Å²) in [6, 6.07) is 38.8. The van der Waals surface area contributed by atoms with Gasteiger partial charge in [-0.3, -0.25) is 0 Å². The number of benzene rings is 2. The average molecular weight is 427 g/mol. The van der Waals surface area contributed by atoms with Crippen LogP contribution in [0.15, 0.2) is 109 Å². The molecule has 0 radical (unpaired) electrons. The van der Waals surface area contributed by atoms with E-state index in [-0.39, 0.29) is 17.1 Å². The SMILES string of the molecule is CN[C@H](C)[c-]1cccc1P(c1ccccc1)c1ccccc1.[Fe].[cH-]1[cH-][cH-][cH-][cH-]1. The Kier molecular flexibility index (Phi) is 9.41. The maximum atomic E-state index is 3.38. The van der Waals surface area contributed by atoms with E-state index in [1.54, 1.807) is 0 Å². The first-order chi connectivity index (χ1) is 13.3. The van der Waals surface area contributed by atoms with Crippen LogP contribution in [0.4, 0.5) is 0 Å². The van der Waals surface area contributed by atoms with E-state index in [4.69, 9.17) is 0 Å². The zero-order valence-corrected chi connectivity index (χ0v) is 18.3. The fourth-order valence-electron chi connectivity index (χ4n) is 3.05. The van der Waals surface area contributed by atoms with Gasteiger partial charge in [0.2, 0.25) is 0 Å². The molecule has 1 atom stereocenters. The van der Waals surface area contributed by atoms with Crippen molar-refractivity contribution in [2.75, 3.05) is 7.05 Å². The Labute approximate surface area is 180 Å². The van der Waals surface area contributed by atoms with Gasteiger partial charge >= 0.3 is 0 Å². The average Bonchev–Trinajstić information content (AvgIpc) is 3.45. The van der Waals surface area contributed by atoms with Crippen molar-refractivity contribution in [3.05, 3.63) is 115 Å². The molecule has 0 unspecified atom stereocenters. The molecule has 0 aliphatic carbocycles. The molecule has 0 saturated heterocycles. The minimum Gasteiger partial charge on any atom is -0.748 e. The van der Waals surface area contributed by atoms with Crippen molar-refractivity contribution in [3.63, 3.8) is 0 Å². The molecular weight excluding hydrogens is 401 g/mol. The van der Waals surface area contributed by atoms with E-state index in [0.717, 1.165) is 0 Å². The van der Waals surface area contributed by atoms with Crippen LogP contribution < -0.4 is 21.2 Å². The van der Waals surface area contributed by atoms with E-state index in [2.05, 4.69) is 91.1 Å². The van der Waals surface area contributed by atoms with E-state index >= 15 is 0 Å². The zero-order chi connectivity index (χ0) is 18.9. The molecule has 0 heterocycles. The first kappa shape index (κ1) is 22.3. The Morgan fingerprint density at radius 1 is 0.750 bits per heavy atom. The van der Waals surface area contributed by atoms with Crippen LogP contribution in [0.5, 0.6) is 0 Å². The van der Waals surface area contributed by atoms with Crippen LogP contribution in [0, 0.1) is 0 Å². The van der Waals surface area contributed by atoms with E-state index in [1.807, 2.05) is 37.4 Å². The Morgan fingerprint density at radius 2 is 1.21 bits per heavy atom. The standard InChI is InChI=1S/C20H21NP.C5H5.Fe/c1-16(21-2)19-14-9-15-20(19)22(17-10-5-3-6-11-17)18-12-7-4-8-13-18;1-2-4-5-3-1;/h3-16,21H,1-2H3;1-5H;/q-1;-5;/t16-;;/m1../s1. The molecular formula is C25H26FeNP-6. The molecule has 1 N–H and O–H groups in total. The Hall–Kier alpha value is -1.95. The number of hydrogen-bond donors (Lipinski definition) is 1. The molecule has 1 nitrogen and oxygen atoms in total. The summed E-state index contributed by atoms with van der Waals surface area (Å²) in [6.07, 6.45) is 0. The molecule has 0 fully saturated rings. The second kappa shape index (κ2) is 11.8. The predicted octanol–water partition coefficient (Wildman–Crippen LogP) is 4.85. The summed E-state index contributed by atoms with van der Waals surface area (Å²) in [6.45, 7) is 2.22. The number of hydrogen-bond acceptors (Lipinski definition) is 1. The van der Waals surface area contributed by atoms with Crippen LogP contribution in [0.25, 0.3) is 0 Å². The van der Waals surface area contributed by atoms with E-state index in [0.29, 0.717) is 6.04 Å². The van der Waals surface area contributed by atoms with E-state index < -0.39 is 7.92 Å². The van der Waals surface area contributed by atoms with Crippen molar-refractivity contribution in [1.29, 1.82) is 0 Å². The van der Waals surface area contributed by atoms with Gasteiger partial charge in [0.1, 0.15) is 0 Å². The fourth-order valence-corrected chi connectivity index (χ4v) is 5.61. The first-order valence-corrected chi connectivity index (χ1v) is 10.6. The van der Waals surface area contributed by atoms with E-state index in [9.17, 15) is 0 Å². The monoisotopic (exact) mass is 427 g/mol. The van der Waals surface area contributed by atoms with Crippen LogP contribution in [0.2, 0.25) is 0 Å². The Morgan fingerprint density at radius 3 is 1.64 bits per heavy atom. The summed E-state index contributed by atoms with van der Waals surface area (Å²) < 4.78 is 0. The van der Waals surface area contributed by atoms with Crippen LogP contribution in [0.1, 0.15) is 18.5 Å². The second-order valence-electron chi connectivity index (χ2n) is 6.35.